The van der Waals surface area contributed by atoms with E-state index in [9.17, 15) is 22.0 Å². The van der Waals surface area contributed by atoms with Crippen molar-refractivity contribution in [1.82, 2.24) is 4.98 Å². The van der Waals surface area contributed by atoms with E-state index < -0.39 is 34.6 Å². The van der Waals surface area contributed by atoms with E-state index >= 15 is 0 Å². The zero-order valence-electron chi connectivity index (χ0n) is 6.95. The minimum absolute atomic E-state index is 0.510. The molecule has 84 valence electrons. The molecule has 0 fully saturated rings. The third-order valence-corrected chi connectivity index (χ3v) is 1.96. The quantitative estimate of drug-likeness (QED) is 0.773. The second-order valence-corrected chi connectivity index (χ2v) is 2.97. The lowest BCUT2D eigenvalue weighted by atomic mass is 10.2. The summed E-state index contributed by atoms with van der Waals surface area (Å²) in [5, 5.41) is -1.16. The van der Waals surface area contributed by atoms with Crippen LogP contribution in [0.15, 0.2) is 6.20 Å². The maximum Gasteiger partial charge on any atom is 0.434 e. The summed E-state index contributed by atoms with van der Waals surface area (Å²) in [5.41, 5.74) is 1.87. The summed E-state index contributed by atoms with van der Waals surface area (Å²) in [5.74, 6) is 0. The summed E-state index contributed by atoms with van der Waals surface area (Å²) in [7, 11) is 0. The van der Waals surface area contributed by atoms with Crippen molar-refractivity contribution in [3.05, 3.63) is 22.5 Å². The molecule has 0 aromatic carbocycles. The Kier molecular flexibility index (Phi) is 3.03. The third kappa shape index (κ3) is 2.28. The normalized spacial score (nSPS) is 12.2. The number of nitrogens with zero attached hydrogens (tertiary/aromatic N) is 1. The first kappa shape index (κ1) is 12.0. The lowest BCUT2D eigenvalue weighted by Gasteiger charge is -2.12. The van der Waals surface area contributed by atoms with E-state index in [2.05, 4.69) is 4.98 Å². The lowest BCUT2D eigenvalue weighted by molar-refractivity contribution is -0.141. The van der Waals surface area contributed by atoms with Crippen molar-refractivity contribution in [3.8, 4) is 0 Å². The van der Waals surface area contributed by atoms with Crippen molar-refractivity contribution >= 4 is 17.3 Å². The Hall–Kier alpha value is -1.11. The summed E-state index contributed by atoms with van der Waals surface area (Å²) in [6.45, 7) is 0. The Morgan fingerprint density at radius 3 is 2.27 bits per heavy atom. The number of aromatic nitrogens is 1. The average Bonchev–Trinajstić information content (AvgIpc) is 2.00. The molecule has 1 aromatic rings. The Bertz CT molecular complexity index is 376. The molecule has 0 saturated heterocycles. The van der Waals surface area contributed by atoms with Gasteiger partial charge in [0.1, 0.15) is 0 Å². The summed E-state index contributed by atoms with van der Waals surface area (Å²) in [4.78, 5) is 2.88. The predicted molar refractivity (Wildman–Crippen MR) is 43.6 cm³/mol. The van der Waals surface area contributed by atoms with Gasteiger partial charge in [0.2, 0.25) is 0 Å². The molecule has 2 N–H and O–H groups in total. The molecule has 1 aromatic heterocycles. The first-order valence-corrected chi connectivity index (χ1v) is 3.92. The van der Waals surface area contributed by atoms with Gasteiger partial charge in [0.05, 0.1) is 22.5 Å². The van der Waals surface area contributed by atoms with Crippen LogP contribution in [-0.2, 0) is 6.18 Å². The van der Waals surface area contributed by atoms with Crippen molar-refractivity contribution in [1.29, 1.82) is 0 Å². The van der Waals surface area contributed by atoms with E-state index in [1.165, 1.54) is 0 Å². The van der Waals surface area contributed by atoms with Gasteiger partial charge in [-0.3, -0.25) is 0 Å². The fourth-order valence-corrected chi connectivity index (χ4v) is 1.28. The molecule has 0 aliphatic rings. The highest BCUT2D eigenvalue weighted by atomic mass is 35.5. The Morgan fingerprint density at radius 2 is 1.87 bits per heavy atom. The van der Waals surface area contributed by atoms with Crippen molar-refractivity contribution in [2.75, 3.05) is 5.73 Å². The highest BCUT2D eigenvalue weighted by Crippen LogP contribution is 2.39. The van der Waals surface area contributed by atoms with Crippen molar-refractivity contribution in [2.45, 2.75) is 12.6 Å². The van der Waals surface area contributed by atoms with Gasteiger partial charge in [-0.1, -0.05) is 11.6 Å². The van der Waals surface area contributed by atoms with Crippen molar-refractivity contribution in [2.24, 2.45) is 0 Å². The molecule has 0 unspecified atom stereocenters. The van der Waals surface area contributed by atoms with Gasteiger partial charge in [0.25, 0.3) is 6.43 Å². The molecular weight excluding hydrogens is 243 g/mol. The SMILES string of the molecule is Nc1cnc(C(F)(F)F)c(Cl)c1C(F)F. The Labute approximate surface area is 85.9 Å². The number of pyridine rings is 1. The Balaban J connectivity index is 3.42. The van der Waals surface area contributed by atoms with Crippen molar-refractivity contribution < 1.29 is 22.0 Å². The van der Waals surface area contributed by atoms with Crippen LogP contribution in [0.2, 0.25) is 5.02 Å². The highest BCUT2D eigenvalue weighted by Gasteiger charge is 2.37. The van der Waals surface area contributed by atoms with E-state index in [0.717, 1.165) is 0 Å². The van der Waals surface area contributed by atoms with Gasteiger partial charge in [-0.25, -0.2) is 13.8 Å². The van der Waals surface area contributed by atoms with Crippen LogP contribution in [0.3, 0.4) is 0 Å². The molecule has 2 nitrogen and oxygen atoms in total. The zero-order chi connectivity index (χ0) is 11.8. The predicted octanol–water partition coefficient (Wildman–Crippen LogP) is 3.27. The molecule has 0 radical (unpaired) electrons. The fraction of sp³-hybridized carbons (Fsp3) is 0.286. The van der Waals surface area contributed by atoms with Gasteiger partial charge < -0.3 is 5.73 Å². The molecule has 0 saturated carbocycles. The molecule has 8 heteroatoms. The molecule has 0 aliphatic heterocycles. The van der Waals surface area contributed by atoms with E-state index in [1.807, 2.05) is 0 Å². The summed E-state index contributed by atoms with van der Waals surface area (Å²) < 4.78 is 61.2. The van der Waals surface area contributed by atoms with Crippen LogP contribution in [0.5, 0.6) is 0 Å². The van der Waals surface area contributed by atoms with Gasteiger partial charge >= 0.3 is 6.18 Å². The summed E-state index contributed by atoms with van der Waals surface area (Å²) in [6, 6.07) is 0. The van der Waals surface area contributed by atoms with Gasteiger partial charge in [-0.2, -0.15) is 13.2 Å². The maximum absolute atomic E-state index is 12.3. The van der Waals surface area contributed by atoms with Crippen LogP contribution in [0.25, 0.3) is 0 Å². The second-order valence-electron chi connectivity index (χ2n) is 2.59. The maximum atomic E-state index is 12.3. The molecule has 0 bridgehead atoms. The number of hydrogen-bond acceptors (Lipinski definition) is 2. The van der Waals surface area contributed by atoms with Crippen LogP contribution in [0.4, 0.5) is 27.6 Å². The van der Waals surface area contributed by atoms with Crippen LogP contribution in [0.1, 0.15) is 17.7 Å². The van der Waals surface area contributed by atoms with Gasteiger partial charge in [-0.15, -0.1) is 0 Å². The minimum Gasteiger partial charge on any atom is -0.397 e. The van der Waals surface area contributed by atoms with Gasteiger partial charge in [0, 0.05) is 0 Å². The first-order valence-electron chi connectivity index (χ1n) is 3.54. The minimum atomic E-state index is -4.88. The zero-order valence-corrected chi connectivity index (χ0v) is 7.70. The van der Waals surface area contributed by atoms with E-state index in [0.29, 0.717) is 6.20 Å². The molecule has 15 heavy (non-hydrogen) atoms. The summed E-state index contributed by atoms with van der Waals surface area (Å²) >= 11 is 5.15. The molecule has 1 heterocycles. The fourth-order valence-electron chi connectivity index (χ4n) is 0.934. The molecular formula is C7H4ClF5N2. The third-order valence-electron chi connectivity index (χ3n) is 1.57. The van der Waals surface area contributed by atoms with Crippen LogP contribution < -0.4 is 5.73 Å². The number of nitrogen functional groups attached to an aromatic ring is 1. The highest BCUT2D eigenvalue weighted by molar-refractivity contribution is 6.32. The number of nitrogens with two attached hydrogens (primary N) is 1. The second kappa shape index (κ2) is 3.80. The van der Waals surface area contributed by atoms with E-state index in [4.69, 9.17) is 17.3 Å². The molecule has 0 spiro atoms. The van der Waals surface area contributed by atoms with Crippen LogP contribution in [0, 0.1) is 0 Å². The number of hydrogen-bond donors (Lipinski definition) is 1. The lowest BCUT2D eigenvalue weighted by Crippen LogP contribution is -2.11. The average molecular weight is 247 g/mol. The summed E-state index contributed by atoms with van der Waals surface area (Å²) in [6.07, 6.45) is -7.55. The molecule has 0 atom stereocenters. The molecule has 0 aliphatic carbocycles. The van der Waals surface area contributed by atoms with Gasteiger partial charge in [0.15, 0.2) is 5.69 Å². The number of anilines is 1. The van der Waals surface area contributed by atoms with Crippen LogP contribution >= 0.6 is 11.6 Å². The number of rotatable bonds is 1. The van der Waals surface area contributed by atoms with Crippen LogP contribution in [-0.4, -0.2) is 4.98 Å². The molecule has 1 rings (SSSR count). The Morgan fingerprint density at radius 1 is 1.33 bits per heavy atom. The smallest absolute Gasteiger partial charge is 0.397 e. The monoisotopic (exact) mass is 246 g/mol. The van der Waals surface area contributed by atoms with E-state index in [-0.39, 0.29) is 0 Å². The van der Waals surface area contributed by atoms with Gasteiger partial charge in [-0.05, 0) is 0 Å². The standard InChI is InChI=1S/C7H4ClF5N2/c8-4-3(6(9)10)2(14)1-15-5(4)7(11,12)13/h1,6H,14H2. The molecule has 0 amide bonds. The topological polar surface area (TPSA) is 38.9 Å². The van der Waals surface area contributed by atoms with Crippen molar-refractivity contribution in [3.63, 3.8) is 0 Å². The number of alkyl halides is 5. The number of halogens is 6. The first-order chi connectivity index (χ1) is 6.75. The largest absolute Gasteiger partial charge is 0.434 e. The van der Waals surface area contributed by atoms with E-state index in [1.54, 1.807) is 0 Å².